The molecule has 5 rings (SSSR count). The van der Waals surface area contributed by atoms with Crippen LogP contribution in [0.4, 0.5) is 23.1 Å². The van der Waals surface area contributed by atoms with E-state index in [-0.39, 0.29) is 0 Å². The summed E-state index contributed by atoms with van der Waals surface area (Å²) in [6.45, 7) is 11.2. The summed E-state index contributed by atoms with van der Waals surface area (Å²) >= 11 is 1.94. The van der Waals surface area contributed by atoms with Crippen LogP contribution in [0.2, 0.25) is 0 Å². The average Bonchev–Trinajstić information content (AvgIpc) is 2.81. The summed E-state index contributed by atoms with van der Waals surface area (Å²) < 4.78 is 0. The number of hydrogen-bond acceptors (Lipinski definition) is 7. The zero-order chi connectivity index (χ0) is 23.7. The van der Waals surface area contributed by atoms with Crippen LogP contribution in [-0.2, 0) is 0 Å². The minimum absolute atomic E-state index is 0.397. The largest absolute Gasteiger partial charge is 0.370 e. The zero-order valence-corrected chi connectivity index (χ0v) is 21.6. The van der Waals surface area contributed by atoms with Crippen LogP contribution in [0.3, 0.4) is 0 Å². The summed E-state index contributed by atoms with van der Waals surface area (Å²) in [4.78, 5) is 19.2. The van der Waals surface area contributed by atoms with Gasteiger partial charge in [0.1, 0.15) is 5.82 Å². The number of aromatic nitrogens is 3. The quantitative estimate of drug-likeness (QED) is 0.454. The summed E-state index contributed by atoms with van der Waals surface area (Å²) in [6.07, 6.45) is 8.52. The number of benzene rings is 1. The fourth-order valence-electron chi connectivity index (χ4n) is 5.07. The maximum absolute atomic E-state index is 5.01. The second kappa shape index (κ2) is 9.98. The highest BCUT2D eigenvalue weighted by molar-refractivity contribution is 7.98. The molecule has 2 aliphatic heterocycles. The van der Waals surface area contributed by atoms with Gasteiger partial charge in [-0.25, -0.2) is 15.0 Å². The lowest BCUT2D eigenvalue weighted by atomic mass is 9.96. The van der Waals surface area contributed by atoms with Gasteiger partial charge in [-0.15, -0.1) is 0 Å². The molecule has 0 radical (unpaired) electrons. The van der Waals surface area contributed by atoms with Crippen LogP contribution < -0.4 is 15.1 Å². The number of rotatable bonds is 7. The molecule has 0 saturated carbocycles. The Bertz CT molecular complexity index is 1140. The molecular weight excluding hydrogens is 440 g/mol. The summed E-state index contributed by atoms with van der Waals surface area (Å²) in [7, 11) is 0. The molecule has 34 heavy (non-hydrogen) atoms. The van der Waals surface area contributed by atoms with Crippen molar-refractivity contribution in [2.24, 2.45) is 11.8 Å². The Morgan fingerprint density at radius 1 is 1.09 bits per heavy atom. The molecule has 2 aliphatic rings. The number of nitrogens with zero attached hydrogens (tertiary/aromatic N) is 5. The van der Waals surface area contributed by atoms with Crippen molar-refractivity contribution in [3.05, 3.63) is 42.2 Å². The van der Waals surface area contributed by atoms with E-state index in [4.69, 9.17) is 9.97 Å². The highest BCUT2D eigenvalue weighted by atomic mass is 32.2. The molecule has 6 nitrogen and oxygen atoms in total. The normalized spacial score (nSPS) is 17.4. The van der Waals surface area contributed by atoms with Crippen LogP contribution >= 0.6 is 11.8 Å². The van der Waals surface area contributed by atoms with Crippen molar-refractivity contribution in [3.8, 4) is 0 Å². The Kier molecular flexibility index (Phi) is 6.82. The molecule has 0 atom stereocenters. The van der Waals surface area contributed by atoms with E-state index in [1.54, 1.807) is 0 Å². The summed E-state index contributed by atoms with van der Waals surface area (Å²) in [5, 5.41) is 4.60. The van der Waals surface area contributed by atoms with Gasteiger partial charge in [0.05, 0.1) is 5.52 Å². The Morgan fingerprint density at radius 3 is 2.62 bits per heavy atom. The molecule has 7 heteroatoms. The van der Waals surface area contributed by atoms with Crippen molar-refractivity contribution in [1.29, 1.82) is 0 Å². The molecule has 2 saturated heterocycles. The molecule has 0 bridgehead atoms. The van der Waals surface area contributed by atoms with Crippen LogP contribution in [0.5, 0.6) is 0 Å². The van der Waals surface area contributed by atoms with Gasteiger partial charge >= 0.3 is 0 Å². The molecule has 2 aromatic heterocycles. The number of piperidine rings is 1. The number of anilines is 4. The first-order valence-corrected chi connectivity index (χ1v) is 13.9. The first-order chi connectivity index (χ1) is 16.5. The molecule has 0 spiro atoms. The van der Waals surface area contributed by atoms with Crippen LogP contribution in [0, 0.1) is 11.8 Å². The van der Waals surface area contributed by atoms with Gasteiger partial charge in [0.25, 0.3) is 0 Å². The van der Waals surface area contributed by atoms with E-state index >= 15 is 0 Å². The number of fused-ring (bicyclic) bond motifs is 1. The van der Waals surface area contributed by atoms with E-state index in [0.29, 0.717) is 11.9 Å². The van der Waals surface area contributed by atoms with Crippen LogP contribution in [-0.4, -0.2) is 53.1 Å². The van der Waals surface area contributed by atoms with Gasteiger partial charge in [0, 0.05) is 67.3 Å². The van der Waals surface area contributed by atoms with Gasteiger partial charge in [-0.1, -0.05) is 26.8 Å². The van der Waals surface area contributed by atoms with Crippen LogP contribution in [0.1, 0.15) is 45.1 Å². The van der Waals surface area contributed by atoms with E-state index in [1.165, 1.54) is 29.8 Å². The van der Waals surface area contributed by atoms with Crippen molar-refractivity contribution >= 4 is 45.8 Å². The van der Waals surface area contributed by atoms with E-state index in [2.05, 4.69) is 65.3 Å². The van der Waals surface area contributed by atoms with Gasteiger partial charge in [-0.05, 0) is 54.4 Å². The van der Waals surface area contributed by atoms with Crippen molar-refractivity contribution in [2.45, 2.75) is 39.5 Å². The first-order valence-electron chi connectivity index (χ1n) is 12.5. The molecule has 0 unspecified atom stereocenters. The molecule has 0 aliphatic carbocycles. The van der Waals surface area contributed by atoms with Gasteiger partial charge < -0.3 is 15.1 Å². The number of thioether (sulfide) groups is 1. The summed E-state index contributed by atoms with van der Waals surface area (Å²) in [5.41, 5.74) is 4.56. The van der Waals surface area contributed by atoms with Gasteiger partial charge in [0.2, 0.25) is 5.95 Å². The molecule has 4 heterocycles. The third kappa shape index (κ3) is 4.81. The average molecular weight is 477 g/mol. The van der Waals surface area contributed by atoms with Crippen LogP contribution in [0.25, 0.3) is 10.9 Å². The molecule has 0 amide bonds. The highest BCUT2D eigenvalue weighted by Crippen LogP contribution is 2.36. The Balaban J connectivity index is 1.40. The number of pyridine rings is 1. The minimum Gasteiger partial charge on any atom is -0.370 e. The van der Waals surface area contributed by atoms with Crippen molar-refractivity contribution in [2.75, 3.05) is 53.3 Å². The van der Waals surface area contributed by atoms with E-state index in [1.807, 2.05) is 30.2 Å². The monoisotopic (exact) mass is 476 g/mol. The predicted octanol–water partition coefficient (Wildman–Crippen LogP) is 5.93. The molecular formula is C27H36N6S. The maximum Gasteiger partial charge on any atom is 0.227 e. The van der Waals surface area contributed by atoms with Crippen molar-refractivity contribution in [1.82, 2.24) is 15.0 Å². The van der Waals surface area contributed by atoms with E-state index < -0.39 is 0 Å². The lowest BCUT2D eigenvalue weighted by Gasteiger charge is -2.41. The topological polar surface area (TPSA) is 57.2 Å². The smallest absolute Gasteiger partial charge is 0.227 e. The SMILES string of the molecule is CSCC1CN(c2ccc(C(C)C)c3nc(Nc4ccnc(N5CCC(C)CC5)c4)ncc23)C1. The van der Waals surface area contributed by atoms with Gasteiger partial charge in [-0.2, -0.15) is 11.8 Å². The molecule has 180 valence electrons. The second-order valence-electron chi connectivity index (χ2n) is 10.2. The maximum atomic E-state index is 5.01. The fourth-order valence-corrected chi connectivity index (χ4v) is 5.75. The van der Waals surface area contributed by atoms with E-state index in [0.717, 1.165) is 60.4 Å². The standard InChI is InChI=1S/C27H36N6S/c1-18(2)22-5-6-24(33-15-20(16-33)17-34-4)23-14-29-27(31-26(22)23)30-21-7-10-28-25(13-21)32-11-8-19(3)9-12-32/h5-7,10,13-14,18-20H,8-9,11-12,15-17H2,1-4H3,(H,28,29,30,31). The Labute approximate surface area is 207 Å². The lowest BCUT2D eigenvalue weighted by Crippen LogP contribution is -2.48. The first kappa shape index (κ1) is 23.2. The Hall–Kier alpha value is -2.54. The Morgan fingerprint density at radius 2 is 1.88 bits per heavy atom. The van der Waals surface area contributed by atoms with E-state index in [9.17, 15) is 0 Å². The molecule has 3 aromatic rings. The van der Waals surface area contributed by atoms with Gasteiger partial charge in [-0.3, -0.25) is 0 Å². The van der Waals surface area contributed by atoms with Gasteiger partial charge in [0.15, 0.2) is 0 Å². The summed E-state index contributed by atoms with van der Waals surface area (Å²) in [5.74, 6) is 4.87. The minimum atomic E-state index is 0.397. The molecule has 2 fully saturated rings. The molecule has 1 aromatic carbocycles. The second-order valence-corrected chi connectivity index (χ2v) is 11.1. The third-order valence-corrected chi connectivity index (χ3v) is 8.00. The molecule has 1 N–H and O–H groups in total. The predicted molar refractivity (Wildman–Crippen MR) is 146 cm³/mol. The third-order valence-electron chi connectivity index (χ3n) is 7.19. The number of nitrogens with one attached hydrogen (secondary N) is 1. The zero-order valence-electron chi connectivity index (χ0n) is 20.8. The summed E-state index contributed by atoms with van der Waals surface area (Å²) in [6, 6.07) is 8.63. The fraction of sp³-hybridized carbons (Fsp3) is 0.519. The number of hydrogen-bond donors (Lipinski definition) is 1. The highest BCUT2D eigenvalue weighted by Gasteiger charge is 2.28. The van der Waals surface area contributed by atoms with Crippen molar-refractivity contribution in [3.63, 3.8) is 0 Å². The van der Waals surface area contributed by atoms with Crippen LogP contribution in [0.15, 0.2) is 36.7 Å². The lowest BCUT2D eigenvalue weighted by molar-refractivity contribution is 0.436. The van der Waals surface area contributed by atoms with Crippen molar-refractivity contribution < 1.29 is 0 Å².